The normalized spacial score (nSPS) is 12.1. The summed E-state index contributed by atoms with van der Waals surface area (Å²) >= 11 is 0. The van der Waals surface area contributed by atoms with Crippen molar-refractivity contribution in [2.24, 2.45) is 0 Å². The quantitative estimate of drug-likeness (QED) is 0.729. The lowest BCUT2D eigenvalue weighted by atomic mass is 9.98. The van der Waals surface area contributed by atoms with E-state index in [4.69, 9.17) is 11.5 Å². The molecule has 1 atom stereocenters. The van der Waals surface area contributed by atoms with Gasteiger partial charge in [-0.3, -0.25) is 4.79 Å². The van der Waals surface area contributed by atoms with Crippen LogP contribution in [0.15, 0.2) is 24.3 Å². The van der Waals surface area contributed by atoms with Gasteiger partial charge in [0, 0.05) is 5.69 Å². The Bertz CT molecular complexity index is 556. The highest BCUT2D eigenvalue weighted by Gasteiger charge is 2.17. The van der Waals surface area contributed by atoms with Gasteiger partial charge in [-0.2, -0.15) is 0 Å². The number of terminal acetylenes is 1. The maximum absolute atomic E-state index is 11.8. The number of benzene rings is 1. The molecule has 0 aliphatic rings. The van der Waals surface area contributed by atoms with Crippen molar-refractivity contribution in [3.8, 4) is 12.3 Å². The molecule has 0 aliphatic carbocycles. The topological polar surface area (TPSA) is 78.4 Å². The molecule has 0 spiro atoms. The van der Waals surface area contributed by atoms with Crippen molar-refractivity contribution >= 4 is 17.7 Å². The molecule has 5 heteroatoms. The number of hydrogen-bond donors (Lipinski definition) is 3. The van der Waals surface area contributed by atoms with Crippen LogP contribution in [0, 0.1) is 12.3 Å². The first-order valence-corrected chi connectivity index (χ1v) is 6.62. The largest absolute Gasteiger partial charge is 0.481 e. The molecule has 112 valence electrons. The molecule has 3 N–H and O–H groups in total. The minimum Gasteiger partial charge on any atom is -0.481 e. The molecular formula is C16H20N2O3. The van der Waals surface area contributed by atoms with Gasteiger partial charge in [-0.05, 0) is 37.5 Å². The van der Waals surface area contributed by atoms with Crippen LogP contribution in [0.1, 0.15) is 38.7 Å². The molecule has 0 saturated heterocycles. The van der Waals surface area contributed by atoms with Crippen molar-refractivity contribution in [2.45, 2.75) is 38.6 Å². The number of amides is 2. The van der Waals surface area contributed by atoms with Crippen molar-refractivity contribution in [3.63, 3.8) is 0 Å². The minimum absolute atomic E-state index is 0.0730. The zero-order chi connectivity index (χ0) is 16.0. The molecule has 1 rings (SSSR count). The average molecular weight is 288 g/mol. The summed E-state index contributed by atoms with van der Waals surface area (Å²) in [6.45, 7) is 5.30. The van der Waals surface area contributed by atoms with Gasteiger partial charge < -0.3 is 15.7 Å². The minimum atomic E-state index is -0.833. The van der Waals surface area contributed by atoms with E-state index < -0.39 is 11.5 Å². The first-order chi connectivity index (χ1) is 9.73. The van der Waals surface area contributed by atoms with E-state index in [1.807, 2.05) is 6.92 Å². The van der Waals surface area contributed by atoms with Gasteiger partial charge in [0.15, 0.2) is 0 Å². The average Bonchev–Trinajstić information content (AvgIpc) is 2.38. The predicted octanol–water partition coefficient (Wildman–Crippen LogP) is 2.80. The second-order valence-corrected chi connectivity index (χ2v) is 5.47. The molecule has 1 aromatic carbocycles. The van der Waals surface area contributed by atoms with E-state index in [1.54, 1.807) is 38.1 Å². The lowest BCUT2D eigenvalue weighted by Gasteiger charge is -2.20. The number of urea groups is 1. The predicted molar refractivity (Wildman–Crippen MR) is 82.2 cm³/mol. The van der Waals surface area contributed by atoms with Gasteiger partial charge in [0.2, 0.25) is 0 Å². The third-order valence-corrected chi connectivity index (χ3v) is 3.01. The number of carbonyl (C=O) groups excluding carboxylic acids is 1. The molecule has 0 bridgehead atoms. The summed E-state index contributed by atoms with van der Waals surface area (Å²) in [4.78, 5) is 22.4. The highest BCUT2D eigenvalue weighted by atomic mass is 16.4. The van der Waals surface area contributed by atoms with Gasteiger partial charge in [-0.25, -0.2) is 4.79 Å². The first-order valence-electron chi connectivity index (χ1n) is 6.62. The summed E-state index contributed by atoms with van der Waals surface area (Å²) in [5.74, 6) is 1.56. The van der Waals surface area contributed by atoms with Gasteiger partial charge in [-0.1, -0.05) is 25.0 Å². The summed E-state index contributed by atoms with van der Waals surface area (Å²) in [6.07, 6.45) is 5.37. The van der Waals surface area contributed by atoms with Crippen molar-refractivity contribution in [1.29, 1.82) is 0 Å². The number of carboxylic acid groups (broad SMARTS) is 1. The van der Waals surface area contributed by atoms with E-state index in [0.717, 1.165) is 5.56 Å². The summed E-state index contributed by atoms with van der Waals surface area (Å²) in [5.41, 5.74) is 0.805. The number of hydrogen-bond acceptors (Lipinski definition) is 2. The van der Waals surface area contributed by atoms with Crippen LogP contribution in [0.3, 0.4) is 0 Å². The van der Waals surface area contributed by atoms with E-state index >= 15 is 0 Å². The molecule has 1 aromatic rings. The summed E-state index contributed by atoms with van der Waals surface area (Å²) in [6, 6.07) is 6.68. The van der Waals surface area contributed by atoms with Gasteiger partial charge in [0.25, 0.3) is 0 Å². The van der Waals surface area contributed by atoms with E-state index in [1.165, 1.54) is 0 Å². The number of aliphatic carboxylic acids is 1. The molecule has 2 amide bonds. The molecule has 0 aliphatic heterocycles. The van der Waals surface area contributed by atoms with Crippen LogP contribution in [-0.4, -0.2) is 22.6 Å². The second kappa shape index (κ2) is 6.80. The molecular weight excluding hydrogens is 268 g/mol. The highest BCUT2D eigenvalue weighted by molar-refractivity contribution is 5.90. The Morgan fingerprint density at radius 2 is 1.90 bits per heavy atom. The molecule has 1 unspecified atom stereocenters. The fraction of sp³-hybridized carbons (Fsp3) is 0.375. The Labute approximate surface area is 124 Å². The van der Waals surface area contributed by atoms with Crippen LogP contribution >= 0.6 is 0 Å². The van der Waals surface area contributed by atoms with Gasteiger partial charge in [0.1, 0.15) is 0 Å². The monoisotopic (exact) mass is 288 g/mol. The number of anilines is 1. The third-order valence-electron chi connectivity index (χ3n) is 3.01. The smallest absolute Gasteiger partial charge is 0.320 e. The number of rotatable bonds is 5. The van der Waals surface area contributed by atoms with Crippen LogP contribution in [0.4, 0.5) is 10.5 Å². The van der Waals surface area contributed by atoms with Crippen molar-refractivity contribution in [2.75, 3.05) is 5.32 Å². The Morgan fingerprint density at radius 1 is 1.33 bits per heavy atom. The molecule has 21 heavy (non-hydrogen) atoms. The van der Waals surface area contributed by atoms with E-state index in [9.17, 15) is 9.59 Å². The standard InChI is InChI=1S/C16H20N2O3/c1-5-16(3,4)18-15(21)17-13-8-6-12(7-9-13)11(2)10-14(19)20/h1,6-9,11H,10H2,2-4H3,(H,19,20)(H2,17,18,21). The molecule has 0 fully saturated rings. The van der Waals surface area contributed by atoms with Gasteiger partial charge in [0.05, 0.1) is 12.0 Å². The fourth-order valence-electron chi connectivity index (χ4n) is 1.76. The molecule has 0 aromatic heterocycles. The summed E-state index contributed by atoms with van der Waals surface area (Å²) in [7, 11) is 0. The lowest BCUT2D eigenvalue weighted by molar-refractivity contribution is -0.137. The number of carboxylic acids is 1. The maximum Gasteiger partial charge on any atom is 0.320 e. The van der Waals surface area contributed by atoms with Crippen LogP contribution in [0.2, 0.25) is 0 Å². The van der Waals surface area contributed by atoms with Crippen molar-refractivity contribution in [1.82, 2.24) is 5.32 Å². The summed E-state index contributed by atoms with van der Waals surface area (Å²) in [5, 5.41) is 14.1. The van der Waals surface area contributed by atoms with E-state index in [2.05, 4.69) is 16.6 Å². The summed E-state index contributed by atoms with van der Waals surface area (Å²) < 4.78 is 0. The zero-order valence-corrected chi connectivity index (χ0v) is 12.4. The lowest BCUT2D eigenvalue weighted by Crippen LogP contribution is -2.44. The molecule has 0 radical (unpaired) electrons. The Balaban J connectivity index is 2.65. The number of nitrogens with one attached hydrogen (secondary N) is 2. The molecule has 0 saturated carbocycles. The van der Waals surface area contributed by atoms with Crippen molar-refractivity contribution in [3.05, 3.63) is 29.8 Å². The van der Waals surface area contributed by atoms with Crippen LogP contribution in [-0.2, 0) is 4.79 Å². The Morgan fingerprint density at radius 3 is 2.38 bits per heavy atom. The highest BCUT2D eigenvalue weighted by Crippen LogP contribution is 2.21. The van der Waals surface area contributed by atoms with Gasteiger partial charge >= 0.3 is 12.0 Å². The Hall–Kier alpha value is -2.48. The SMILES string of the molecule is C#CC(C)(C)NC(=O)Nc1ccc(C(C)CC(=O)O)cc1. The van der Waals surface area contributed by atoms with E-state index in [-0.39, 0.29) is 18.4 Å². The Kier molecular flexibility index (Phi) is 5.37. The van der Waals surface area contributed by atoms with Crippen molar-refractivity contribution < 1.29 is 14.7 Å². The second-order valence-electron chi connectivity index (χ2n) is 5.47. The fourth-order valence-corrected chi connectivity index (χ4v) is 1.76. The van der Waals surface area contributed by atoms with Crippen LogP contribution in [0.5, 0.6) is 0 Å². The van der Waals surface area contributed by atoms with E-state index in [0.29, 0.717) is 5.69 Å². The molecule has 5 nitrogen and oxygen atoms in total. The van der Waals surface area contributed by atoms with Gasteiger partial charge in [-0.15, -0.1) is 6.42 Å². The maximum atomic E-state index is 11.8. The number of carbonyl (C=O) groups is 2. The first kappa shape index (κ1) is 16.6. The zero-order valence-electron chi connectivity index (χ0n) is 12.4. The van der Waals surface area contributed by atoms with Crippen LogP contribution in [0.25, 0.3) is 0 Å². The third kappa shape index (κ3) is 5.57. The van der Waals surface area contributed by atoms with Crippen LogP contribution < -0.4 is 10.6 Å². The molecule has 0 heterocycles.